The number of hydrogen-bond acceptors (Lipinski definition) is 5. The largest absolute Gasteiger partial charge is 0.343 e. The average molecular weight is 309 g/mol. The highest BCUT2D eigenvalue weighted by molar-refractivity contribution is 6.33. The summed E-state index contributed by atoms with van der Waals surface area (Å²) >= 11 is 6.22. The van der Waals surface area contributed by atoms with Crippen molar-refractivity contribution in [1.29, 1.82) is 15.8 Å². The van der Waals surface area contributed by atoms with Crippen molar-refractivity contribution >= 4 is 17.3 Å². The maximum absolute atomic E-state index is 9.13. The summed E-state index contributed by atoms with van der Waals surface area (Å²) in [5.74, 6) is 0. The Hall–Kier alpha value is -3.27. The van der Waals surface area contributed by atoms with Crippen LogP contribution >= 0.6 is 11.6 Å². The predicted octanol–water partition coefficient (Wildman–Crippen LogP) is 3.07. The summed E-state index contributed by atoms with van der Waals surface area (Å²) in [5.41, 5.74) is 1.49. The Morgan fingerprint density at radius 2 is 1.95 bits per heavy atom. The predicted molar refractivity (Wildman–Crippen MR) is 80.8 cm³/mol. The number of anilines is 1. The van der Waals surface area contributed by atoms with E-state index in [9.17, 15) is 0 Å². The summed E-state index contributed by atoms with van der Waals surface area (Å²) < 4.78 is 1.56. The lowest BCUT2D eigenvalue weighted by atomic mass is 10.2. The van der Waals surface area contributed by atoms with E-state index in [1.807, 2.05) is 6.92 Å². The lowest BCUT2D eigenvalue weighted by Gasteiger charge is -2.12. The number of rotatable bonds is 3. The van der Waals surface area contributed by atoms with Crippen LogP contribution in [0.5, 0.6) is 0 Å². The molecule has 22 heavy (non-hydrogen) atoms. The molecule has 0 radical (unpaired) electrons. The Bertz CT molecular complexity index is 857. The third-order valence-corrected chi connectivity index (χ3v) is 3.08. The summed E-state index contributed by atoms with van der Waals surface area (Å²) in [7, 11) is 0. The zero-order valence-corrected chi connectivity index (χ0v) is 12.3. The van der Waals surface area contributed by atoms with Gasteiger partial charge in [0.2, 0.25) is 0 Å². The van der Waals surface area contributed by atoms with Crippen LogP contribution in [0.1, 0.15) is 5.56 Å². The third-order valence-electron chi connectivity index (χ3n) is 2.77. The van der Waals surface area contributed by atoms with Crippen LogP contribution in [0.3, 0.4) is 0 Å². The molecule has 0 bridgehead atoms. The molecule has 6 nitrogen and oxygen atoms in total. The molecule has 2 rings (SSSR count). The number of benzene rings is 1. The highest BCUT2D eigenvalue weighted by Crippen LogP contribution is 2.29. The van der Waals surface area contributed by atoms with Crippen LogP contribution in [-0.2, 0) is 0 Å². The molecule has 0 saturated heterocycles. The molecule has 0 unspecified atom stereocenters. The molecule has 7 heteroatoms. The minimum Gasteiger partial charge on any atom is -0.343 e. The molecular formula is C15H9ClN6. The number of halogens is 1. The number of aryl methyl sites for hydroxylation is 1. The van der Waals surface area contributed by atoms with Gasteiger partial charge in [0, 0.05) is 6.20 Å². The zero-order chi connectivity index (χ0) is 16.1. The van der Waals surface area contributed by atoms with Gasteiger partial charge in [-0.25, -0.2) is 4.68 Å². The van der Waals surface area contributed by atoms with Crippen molar-refractivity contribution in [2.24, 2.45) is 0 Å². The zero-order valence-electron chi connectivity index (χ0n) is 11.5. The topological polar surface area (TPSA) is 101 Å². The number of nitrogens with zero attached hydrogens (tertiary/aromatic N) is 5. The van der Waals surface area contributed by atoms with E-state index >= 15 is 0 Å². The van der Waals surface area contributed by atoms with Crippen LogP contribution in [0.15, 0.2) is 41.9 Å². The van der Waals surface area contributed by atoms with E-state index in [1.54, 1.807) is 53.5 Å². The van der Waals surface area contributed by atoms with Crippen LogP contribution in [0.4, 0.5) is 5.69 Å². The summed E-state index contributed by atoms with van der Waals surface area (Å²) in [6, 6.07) is 10.2. The Balaban J connectivity index is 2.57. The fraction of sp³-hybridized carbons (Fsp3) is 0.0667. The van der Waals surface area contributed by atoms with Gasteiger partial charge in [-0.3, -0.25) is 0 Å². The number of allylic oxidation sites excluding steroid dienone is 2. The fourth-order valence-corrected chi connectivity index (χ4v) is 2.06. The second-order valence-electron chi connectivity index (χ2n) is 4.31. The van der Waals surface area contributed by atoms with Crippen molar-refractivity contribution in [2.45, 2.75) is 6.92 Å². The number of para-hydroxylation sites is 1. The van der Waals surface area contributed by atoms with Gasteiger partial charge in [-0.15, -0.1) is 0 Å². The molecule has 1 aromatic carbocycles. The second-order valence-corrected chi connectivity index (χ2v) is 4.72. The number of hydrogen-bond donors (Lipinski definition) is 1. The molecule has 1 heterocycles. The molecular weight excluding hydrogens is 300 g/mol. The first kappa shape index (κ1) is 15.1. The molecule has 0 aliphatic carbocycles. The highest BCUT2D eigenvalue weighted by atomic mass is 35.5. The van der Waals surface area contributed by atoms with E-state index in [-0.39, 0.29) is 11.3 Å². The summed E-state index contributed by atoms with van der Waals surface area (Å²) in [4.78, 5) is 0. The van der Waals surface area contributed by atoms with Crippen molar-refractivity contribution in [3.63, 3.8) is 0 Å². The van der Waals surface area contributed by atoms with E-state index in [2.05, 4.69) is 10.4 Å². The molecule has 0 spiro atoms. The minimum atomic E-state index is -0.301. The number of nitrogens with one attached hydrogen (secondary N) is 1. The first-order valence-corrected chi connectivity index (χ1v) is 6.50. The summed E-state index contributed by atoms with van der Waals surface area (Å²) in [5, 5.41) is 34.3. The van der Waals surface area contributed by atoms with Crippen LogP contribution in [-0.4, -0.2) is 9.78 Å². The van der Waals surface area contributed by atoms with Gasteiger partial charge in [0.1, 0.15) is 29.6 Å². The minimum absolute atomic E-state index is 0.141. The van der Waals surface area contributed by atoms with Gasteiger partial charge >= 0.3 is 0 Å². The van der Waals surface area contributed by atoms with Gasteiger partial charge in [-0.1, -0.05) is 17.7 Å². The molecule has 0 saturated carbocycles. The van der Waals surface area contributed by atoms with Gasteiger partial charge in [-0.2, -0.15) is 20.9 Å². The van der Waals surface area contributed by atoms with Crippen LogP contribution in [0.25, 0.3) is 5.69 Å². The molecule has 0 atom stereocenters. The van der Waals surface area contributed by atoms with E-state index in [0.717, 1.165) is 5.56 Å². The Morgan fingerprint density at radius 1 is 1.23 bits per heavy atom. The Labute approximate surface area is 132 Å². The lowest BCUT2D eigenvalue weighted by molar-refractivity contribution is 0.882. The normalized spacial score (nSPS) is 9.23. The molecule has 0 aliphatic rings. The van der Waals surface area contributed by atoms with Crippen molar-refractivity contribution in [3.05, 3.63) is 52.4 Å². The van der Waals surface area contributed by atoms with E-state index in [4.69, 9.17) is 27.4 Å². The molecule has 106 valence electrons. The van der Waals surface area contributed by atoms with Crippen molar-refractivity contribution in [2.75, 3.05) is 5.32 Å². The Kier molecular flexibility index (Phi) is 4.44. The van der Waals surface area contributed by atoms with E-state index in [0.29, 0.717) is 16.4 Å². The molecule has 2 aromatic rings. The fourth-order valence-electron chi connectivity index (χ4n) is 1.80. The lowest BCUT2D eigenvalue weighted by Crippen LogP contribution is -2.06. The van der Waals surface area contributed by atoms with E-state index < -0.39 is 0 Å². The number of aromatic nitrogens is 2. The standard InChI is InChI=1S/C15H9ClN6/c1-10-8-20-22(9-10)15-12(16)3-2-4-13(15)21-14(7-19)11(5-17)6-18/h2-4,8-9,21H,1H3. The highest BCUT2D eigenvalue weighted by Gasteiger charge is 2.13. The third kappa shape index (κ3) is 2.91. The molecule has 0 fully saturated rings. The first-order valence-electron chi connectivity index (χ1n) is 6.12. The van der Waals surface area contributed by atoms with Crippen LogP contribution in [0.2, 0.25) is 5.02 Å². The maximum atomic E-state index is 9.13. The average Bonchev–Trinajstić information content (AvgIpc) is 2.93. The van der Waals surface area contributed by atoms with Gasteiger partial charge in [0.05, 0.1) is 16.9 Å². The first-order chi connectivity index (χ1) is 10.6. The summed E-state index contributed by atoms with van der Waals surface area (Å²) in [6.45, 7) is 1.89. The van der Waals surface area contributed by atoms with Crippen LogP contribution in [0, 0.1) is 40.9 Å². The molecule has 1 aromatic heterocycles. The number of nitriles is 3. The van der Waals surface area contributed by atoms with Gasteiger partial charge < -0.3 is 5.32 Å². The smallest absolute Gasteiger partial charge is 0.163 e. The van der Waals surface area contributed by atoms with Gasteiger partial charge in [-0.05, 0) is 24.6 Å². The van der Waals surface area contributed by atoms with Gasteiger partial charge in [0.15, 0.2) is 5.57 Å². The second kappa shape index (κ2) is 6.45. The molecule has 1 N–H and O–H groups in total. The van der Waals surface area contributed by atoms with Crippen molar-refractivity contribution < 1.29 is 0 Å². The van der Waals surface area contributed by atoms with Crippen molar-refractivity contribution in [3.8, 4) is 23.9 Å². The van der Waals surface area contributed by atoms with E-state index in [1.165, 1.54) is 0 Å². The SMILES string of the molecule is Cc1cnn(-c2c(Cl)cccc2NC(C#N)=C(C#N)C#N)c1. The van der Waals surface area contributed by atoms with Crippen molar-refractivity contribution in [1.82, 2.24) is 9.78 Å². The maximum Gasteiger partial charge on any atom is 0.163 e. The monoisotopic (exact) mass is 308 g/mol. The van der Waals surface area contributed by atoms with Crippen LogP contribution < -0.4 is 5.32 Å². The summed E-state index contributed by atoms with van der Waals surface area (Å²) in [6.07, 6.45) is 3.45. The Morgan fingerprint density at radius 3 is 2.50 bits per heavy atom. The molecule has 0 aliphatic heterocycles. The quantitative estimate of drug-likeness (QED) is 0.878. The van der Waals surface area contributed by atoms with Gasteiger partial charge in [0.25, 0.3) is 0 Å². The molecule has 0 amide bonds.